The number of carbonyl (C=O) groups is 1. The Morgan fingerprint density at radius 2 is 1.86 bits per heavy atom. The fourth-order valence-corrected chi connectivity index (χ4v) is 2.28. The maximum atomic E-state index is 11.7. The predicted molar refractivity (Wildman–Crippen MR) is 75.9 cm³/mol. The molecular weight excluding hydrogens is 292 g/mol. The molecule has 1 aliphatic carbocycles. The number of aliphatic hydroxyl groups is 3. The molecule has 1 fully saturated rings. The Morgan fingerprint density at radius 1 is 1.14 bits per heavy atom. The average molecular weight is 310 g/mol. The van der Waals surface area contributed by atoms with Gasteiger partial charge in [0.15, 0.2) is 11.5 Å². The molecule has 0 radical (unpaired) electrons. The van der Waals surface area contributed by atoms with Gasteiger partial charge in [-0.2, -0.15) is 0 Å². The summed E-state index contributed by atoms with van der Waals surface area (Å²) in [5.41, 5.74) is 0.469. The van der Waals surface area contributed by atoms with Gasteiger partial charge in [-0.15, -0.1) is 0 Å². The highest BCUT2D eigenvalue weighted by Gasteiger charge is 2.37. The third-order valence-corrected chi connectivity index (χ3v) is 3.47. The minimum Gasteiger partial charge on any atom is -0.504 e. The highest BCUT2D eigenvalue weighted by molar-refractivity contribution is 5.87. The van der Waals surface area contributed by atoms with Crippen LogP contribution < -0.4 is 0 Å². The molecule has 22 heavy (non-hydrogen) atoms. The van der Waals surface area contributed by atoms with Gasteiger partial charge in [-0.25, -0.2) is 4.79 Å². The number of esters is 1. The van der Waals surface area contributed by atoms with E-state index < -0.39 is 30.4 Å². The van der Waals surface area contributed by atoms with E-state index in [1.54, 1.807) is 0 Å². The minimum absolute atomic E-state index is 0.0395. The summed E-state index contributed by atoms with van der Waals surface area (Å²) < 4.78 is 5.01. The molecule has 5 N–H and O–H groups in total. The van der Waals surface area contributed by atoms with E-state index in [2.05, 4.69) is 0 Å². The van der Waals surface area contributed by atoms with E-state index in [1.165, 1.54) is 24.3 Å². The Balaban J connectivity index is 1.97. The van der Waals surface area contributed by atoms with Gasteiger partial charge in [-0.3, -0.25) is 0 Å². The number of hydrogen-bond acceptors (Lipinski definition) is 7. The van der Waals surface area contributed by atoms with Crippen molar-refractivity contribution < 1.29 is 35.1 Å². The first-order valence-electron chi connectivity index (χ1n) is 6.81. The van der Waals surface area contributed by atoms with Gasteiger partial charge in [0, 0.05) is 18.9 Å². The first-order valence-corrected chi connectivity index (χ1v) is 6.81. The van der Waals surface area contributed by atoms with E-state index in [4.69, 9.17) is 4.74 Å². The SMILES string of the molecule is O=C(C=Cc1ccc(O)c(O)c1)OC1CC(O)CC(O)C1O. The van der Waals surface area contributed by atoms with Crippen molar-refractivity contribution in [1.82, 2.24) is 0 Å². The normalized spacial score (nSPS) is 28.7. The summed E-state index contributed by atoms with van der Waals surface area (Å²) in [6, 6.07) is 4.03. The molecule has 0 heterocycles. The molecule has 120 valence electrons. The van der Waals surface area contributed by atoms with Crippen molar-refractivity contribution in [3.8, 4) is 11.5 Å². The molecule has 7 heteroatoms. The lowest BCUT2D eigenvalue weighted by Gasteiger charge is -2.33. The second-order valence-electron chi connectivity index (χ2n) is 5.24. The van der Waals surface area contributed by atoms with Gasteiger partial charge >= 0.3 is 5.97 Å². The van der Waals surface area contributed by atoms with Crippen LogP contribution in [-0.2, 0) is 9.53 Å². The van der Waals surface area contributed by atoms with E-state index >= 15 is 0 Å². The molecule has 7 nitrogen and oxygen atoms in total. The third kappa shape index (κ3) is 3.97. The van der Waals surface area contributed by atoms with E-state index in [0.29, 0.717) is 5.56 Å². The van der Waals surface area contributed by atoms with Crippen molar-refractivity contribution in [1.29, 1.82) is 0 Å². The lowest BCUT2D eigenvalue weighted by atomic mass is 9.90. The number of carbonyl (C=O) groups excluding carboxylic acids is 1. The number of benzene rings is 1. The van der Waals surface area contributed by atoms with Crippen molar-refractivity contribution in [2.75, 3.05) is 0 Å². The maximum Gasteiger partial charge on any atom is 0.331 e. The Morgan fingerprint density at radius 3 is 2.55 bits per heavy atom. The fourth-order valence-electron chi connectivity index (χ4n) is 2.28. The van der Waals surface area contributed by atoms with Crippen molar-refractivity contribution >= 4 is 12.0 Å². The van der Waals surface area contributed by atoms with Gasteiger partial charge in [0.05, 0.1) is 12.2 Å². The minimum atomic E-state index is -1.24. The summed E-state index contributed by atoms with van der Waals surface area (Å²) in [7, 11) is 0. The maximum absolute atomic E-state index is 11.7. The zero-order valence-electron chi connectivity index (χ0n) is 11.7. The standard InChI is InChI=1S/C15H18O7/c16-9-6-12(19)15(21)13(7-9)22-14(20)4-2-8-1-3-10(17)11(18)5-8/h1-5,9,12-13,15-19,21H,6-7H2. The molecule has 0 amide bonds. The van der Waals surface area contributed by atoms with Crippen molar-refractivity contribution in [3.63, 3.8) is 0 Å². The second kappa shape index (κ2) is 6.78. The number of aromatic hydroxyl groups is 2. The number of ether oxygens (including phenoxy) is 1. The monoisotopic (exact) mass is 310 g/mol. The van der Waals surface area contributed by atoms with Crippen molar-refractivity contribution in [2.45, 2.75) is 37.3 Å². The number of phenolic OH excluding ortho intramolecular Hbond substituents is 2. The first kappa shape index (κ1) is 16.3. The van der Waals surface area contributed by atoms with Gasteiger partial charge < -0.3 is 30.3 Å². The van der Waals surface area contributed by atoms with Gasteiger partial charge in [0.1, 0.15) is 12.2 Å². The molecule has 2 rings (SSSR count). The zero-order chi connectivity index (χ0) is 16.3. The summed E-state index contributed by atoms with van der Waals surface area (Å²) in [5, 5.41) is 47.3. The zero-order valence-corrected chi connectivity index (χ0v) is 11.7. The average Bonchev–Trinajstić information content (AvgIpc) is 2.45. The number of aliphatic hydroxyl groups excluding tert-OH is 3. The van der Waals surface area contributed by atoms with Crippen LogP contribution in [0.15, 0.2) is 24.3 Å². The first-order chi connectivity index (χ1) is 10.4. The second-order valence-corrected chi connectivity index (χ2v) is 5.24. The largest absolute Gasteiger partial charge is 0.504 e. The molecule has 1 aromatic carbocycles. The van der Waals surface area contributed by atoms with Crippen LogP contribution in [0.5, 0.6) is 11.5 Å². The van der Waals surface area contributed by atoms with E-state index in [9.17, 15) is 30.3 Å². The predicted octanol–water partition coefficient (Wildman–Crippen LogP) is -0.101. The highest BCUT2D eigenvalue weighted by Crippen LogP contribution is 2.26. The molecule has 0 saturated heterocycles. The Kier molecular flexibility index (Phi) is 5.02. The quantitative estimate of drug-likeness (QED) is 0.300. The molecule has 4 atom stereocenters. The molecule has 0 bridgehead atoms. The van der Waals surface area contributed by atoms with Gasteiger partial charge in [0.2, 0.25) is 0 Å². The summed E-state index contributed by atoms with van der Waals surface area (Å²) in [6.07, 6.45) is -1.65. The smallest absolute Gasteiger partial charge is 0.331 e. The Bertz CT molecular complexity index is 569. The molecular formula is C15H18O7. The van der Waals surface area contributed by atoms with Crippen LogP contribution in [-0.4, -0.2) is 55.9 Å². The molecule has 0 aliphatic heterocycles. The topological polar surface area (TPSA) is 127 Å². The summed E-state index contributed by atoms with van der Waals surface area (Å²) in [4.78, 5) is 11.7. The lowest BCUT2D eigenvalue weighted by Crippen LogP contribution is -2.48. The summed E-state index contributed by atoms with van der Waals surface area (Å²) in [6.45, 7) is 0. The molecule has 0 aromatic heterocycles. The fraction of sp³-hybridized carbons (Fsp3) is 0.400. The van der Waals surface area contributed by atoms with Crippen molar-refractivity contribution in [3.05, 3.63) is 29.8 Å². The Hall–Kier alpha value is -2.09. The van der Waals surface area contributed by atoms with Crippen LogP contribution in [0.25, 0.3) is 6.08 Å². The molecule has 1 aromatic rings. The molecule has 1 saturated carbocycles. The van der Waals surface area contributed by atoms with Gasteiger partial charge in [-0.05, 0) is 23.8 Å². The van der Waals surface area contributed by atoms with Gasteiger partial charge in [-0.1, -0.05) is 6.07 Å². The molecule has 1 aliphatic rings. The summed E-state index contributed by atoms with van der Waals surface area (Å²) >= 11 is 0. The number of rotatable bonds is 3. The summed E-state index contributed by atoms with van der Waals surface area (Å²) in [5.74, 6) is -1.34. The van der Waals surface area contributed by atoms with Crippen molar-refractivity contribution in [2.24, 2.45) is 0 Å². The molecule has 4 unspecified atom stereocenters. The number of hydrogen-bond donors (Lipinski definition) is 5. The van der Waals surface area contributed by atoms with E-state index in [1.807, 2.05) is 0 Å². The van der Waals surface area contributed by atoms with Crippen LogP contribution in [0.2, 0.25) is 0 Å². The van der Waals surface area contributed by atoms with E-state index in [0.717, 1.165) is 6.08 Å². The number of phenols is 2. The van der Waals surface area contributed by atoms with Crippen LogP contribution in [0.3, 0.4) is 0 Å². The Labute approximate surface area is 126 Å². The van der Waals surface area contributed by atoms with Crippen LogP contribution in [0, 0.1) is 0 Å². The van der Waals surface area contributed by atoms with E-state index in [-0.39, 0.29) is 24.3 Å². The lowest BCUT2D eigenvalue weighted by molar-refractivity contribution is -0.166. The highest BCUT2D eigenvalue weighted by atomic mass is 16.6. The third-order valence-electron chi connectivity index (χ3n) is 3.47. The van der Waals surface area contributed by atoms with Crippen LogP contribution in [0.4, 0.5) is 0 Å². The van der Waals surface area contributed by atoms with Crippen LogP contribution in [0.1, 0.15) is 18.4 Å². The van der Waals surface area contributed by atoms with Crippen LogP contribution >= 0.6 is 0 Å². The van der Waals surface area contributed by atoms with Gasteiger partial charge in [0.25, 0.3) is 0 Å². The molecule has 0 spiro atoms.